The lowest BCUT2D eigenvalue weighted by atomic mass is 10.1. The lowest BCUT2D eigenvalue weighted by molar-refractivity contribution is 0.0240. The van der Waals surface area contributed by atoms with Gasteiger partial charge in [0, 0.05) is 49.5 Å². The van der Waals surface area contributed by atoms with E-state index in [4.69, 9.17) is 15.5 Å². The van der Waals surface area contributed by atoms with Crippen LogP contribution in [-0.2, 0) is 24.0 Å². The van der Waals surface area contributed by atoms with Gasteiger partial charge in [0.25, 0.3) is 5.91 Å². The van der Waals surface area contributed by atoms with Gasteiger partial charge in [-0.2, -0.15) is 0 Å². The van der Waals surface area contributed by atoms with Crippen LogP contribution in [0.1, 0.15) is 59.2 Å². The third kappa shape index (κ3) is 5.43. The van der Waals surface area contributed by atoms with Crippen LogP contribution in [0.5, 0.6) is 0 Å². The molecule has 8 nitrogen and oxygen atoms in total. The van der Waals surface area contributed by atoms with E-state index >= 15 is 0 Å². The molecule has 202 valence electrons. The number of hydrogen-bond donors (Lipinski definition) is 2. The number of benzene rings is 1. The maximum atomic E-state index is 13.0. The molecule has 38 heavy (non-hydrogen) atoms. The summed E-state index contributed by atoms with van der Waals surface area (Å²) in [7, 11) is 0. The van der Waals surface area contributed by atoms with Crippen molar-refractivity contribution in [3.8, 4) is 0 Å². The van der Waals surface area contributed by atoms with Crippen molar-refractivity contribution in [2.24, 2.45) is 0 Å². The molecule has 2 aromatic heterocycles. The first-order valence-corrected chi connectivity index (χ1v) is 14.2. The van der Waals surface area contributed by atoms with Gasteiger partial charge in [-0.3, -0.25) is 4.79 Å². The SMILES string of the molecule is Cc1nc2sc(C(=O)NCCc3ccc(N4CCN(C(=O)OC(C)(C)C)CC4)cc3)c(N)c2c2c1CCC2. The number of anilines is 2. The second-order valence-electron chi connectivity index (χ2n) is 11.2. The Bertz CT molecular complexity index is 1350. The first-order valence-electron chi connectivity index (χ1n) is 13.4. The van der Waals surface area contributed by atoms with Crippen LogP contribution in [0.3, 0.4) is 0 Å². The number of nitrogens with zero attached hydrogens (tertiary/aromatic N) is 3. The van der Waals surface area contributed by atoms with Crippen LogP contribution in [0.4, 0.5) is 16.2 Å². The number of nitrogen functional groups attached to an aromatic ring is 1. The summed E-state index contributed by atoms with van der Waals surface area (Å²) in [5.74, 6) is -0.130. The van der Waals surface area contributed by atoms with Crippen LogP contribution < -0.4 is 16.0 Å². The lowest BCUT2D eigenvalue weighted by Gasteiger charge is -2.36. The number of aryl methyl sites for hydroxylation is 2. The predicted molar refractivity (Wildman–Crippen MR) is 153 cm³/mol. The number of thiophene rings is 1. The van der Waals surface area contributed by atoms with Crippen LogP contribution in [0, 0.1) is 6.92 Å². The molecular weight excluding hydrogens is 498 g/mol. The zero-order chi connectivity index (χ0) is 27.0. The zero-order valence-electron chi connectivity index (χ0n) is 22.7. The number of hydrogen-bond acceptors (Lipinski definition) is 7. The van der Waals surface area contributed by atoms with Gasteiger partial charge in [0.05, 0.1) is 5.69 Å². The second kappa shape index (κ2) is 10.4. The van der Waals surface area contributed by atoms with Gasteiger partial charge in [-0.15, -0.1) is 11.3 Å². The summed E-state index contributed by atoms with van der Waals surface area (Å²) < 4.78 is 5.49. The maximum Gasteiger partial charge on any atom is 0.410 e. The summed E-state index contributed by atoms with van der Waals surface area (Å²) in [5.41, 5.74) is 12.5. The molecule has 0 spiro atoms. The molecule has 1 aliphatic carbocycles. The van der Waals surface area contributed by atoms with E-state index in [0.717, 1.165) is 65.9 Å². The normalized spacial score (nSPS) is 15.6. The van der Waals surface area contributed by atoms with Crippen molar-refractivity contribution in [3.05, 3.63) is 51.5 Å². The summed E-state index contributed by atoms with van der Waals surface area (Å²) in [5, 5.41) is 4.03. The molecule has 1 saturated heterocycles. The average molecular weight is 536 g/mol. The van der Waals surface area contributed by atoms with Gasteiger partial charge >= 0.3 is 6.09 Å². The minimum atomic E-state index is -0.482. The molecule has 0 atom stereocenters. The smallest absolute Gasteiger partial charge is 0.410 e. The van der Waals surface area contributed by atoms with Crippen LogP contribution >= 0.6 is 11.3 Å². The predicted octanol–water partition coefficient (Wildman–Crippen LogP) is 4.71. The number of piperazine rings is 1. The van der Waals surface area contributed by atoms with Gasteiger partial charge in [-0.1, -0.05) is 12.1 Å². The van der Waals surface area contributed by atoms with Gasteiger partial charge in [-0.25, -0.2) is 9.78 Å². The summed E-state index contributed by atoms with van der Waals surface area (Å²) in [6.45, 7) is 11.1. The highest BCUT2D eigenvalue weighted by molar-refractivity contribution is 7.21. The van der Waals surface area contributed by atoms with Gasteiger partial charge in [-0.05, 0) is 82.2 Å². The number of fused-ring (bicyclic) bond motifs is 3. The number of amides is 2. The van der Waals surface area contributed by atoms with E-state index in [1.54, 1.807) is 4.90 Å². The zero-order valence-corrected chi connectivity index (χ0v) is 23.5. The van der Waals surface area contributed by atoms with Gasteiger partial charge in [0.1, 0.15) is 15.3 Å². The highest BCUT2D eigenvalue weighted by atomic mass is 32.1. The molecule has 0 bridgehead atoms. The summed E-state index contributed by atoms with van der Waals surface area (Å²) in [4.78, 5) is 35.5. The Kier molecular flexibility index (Phi) is 7.22. The Morgan fingerprint density at radius 3 is 2.45 bits per heavy atom. The first kappa shape index (κ1) is 26.3. The molecule has 1 fully saturated rings. The van der Waals surface area contributed by atoms with E-state index in [1.165, 1.54) is 22.5 Å². The summed E-state index contributed by atoms with van der Waals surface area (Å²) >= 11 is 1.39. The minimum Gasteiger partial charge on any atom is -0.444 e. The van der Waals surface area contributed by atoms with E-state index in [9.17, 15) is 9.59 Å². The number of ether oxygens (including phenoxy) is 1. The number of carbonyl (C=O) groups is 2. The molecule has 9 heteroatoms. The molecule has 0 radical (unpaired) electrons. The van der Waals surface area contributed by atoms with Crippen LogP contribution in [-0.4, -0.2) is 60.2 Å². The number of carbonyl (C=O) groups excluding carboxylic acids is 2. The number of pyridine rings is 1. The Morgan fingerprint density at radius 1 is 1.08 bits per heavy atom. The Morgan fingerprint density at radius 2 is 1.76 bits per heavy atom. The van der Waals surface area contributed by atoms with Crippen molar-refractivity contribution >= 4 is 44.9 Å². The van der Waals surface area contributed by atoms with Gasteiger partial charge in [0.15, 0.2) is 0 Å². The van der Waals surface area contributed by atoms with Crippen molar-refractivity contribution in [2.75, 3.05) is 43.4 Å². The van der Waals surface area contributed by atoms with E-state index in [2.05, 4.69) is 41.4 Å². The van der Waals surface area contributed by atoms with E-state index in [0.29, 0.717) is 30.2 Å². The minimum absolute atomic E-state index is 0.130. The molecule has 2 amide bonds. The standard InChI is InChI=1S/C29H37N5O3S/c1-18-21-6-5-7-22(21)23-24(30)25(38-27(23)32-18)26(35)31-13-12-19-8-10-20(11-9-19)33-14-16-34(17-15-33)28(36)37-29(2,3)4/h8-11H,5-7,12-17,30H2,1-4H3,(H,31,35). The second-order valence-corrected chi connectivity index (χ2v) is 12.2. The monoisotopic (exact) mass is 535 g/mol. The molecular formula is C29H37N5O3S. The molecule has 0 unspecified atom stereocenters. The average Bonchev–Trinajstić information content (AvgIpc) is 3.48. The molecule has 3 N–H and O–H groups in total. The van der Waals surface area contributed by atoms with Crippen LogP contribution in [0.25, 0.3) is 10.2 Å². The number of nitrogens with one attached hydrogen (secondary N) is 1. The molecule has 0 saturated carbocycles. The Hall–Kier alpha value is -3.33. The number of aromatic nitrogens is 1. The van der Waals surface area contributed by atoms with Crippen LogP contribution in [0.15, 0.2) is 24.3 Å². The third-order valence-corrected chi connectivity index (χ3v) is 8.39. The summed E-state index contributed by atoms with van der Waals surface area (Å²) in [6, 6.07) is 8.43. The summed E-state index contributed by atoms with van der Waals surface area (Å²) in [6.07, 6.45) is 3.65. The third-order valence-electron chi connectivity index (χ3n) is 7.29. The fraction of sp³-hybridized carbons (Fsp3) is 0.483. The van der Waals surface area contributed by atoms with Crippen molar-refractivity contribution in [3.63, 3.8) is 0 Å². The molecule has 1 aromatic carbocycles. The molecule has 2 aliphatic rings. The number of rotatable bonds is 5. The topological polar surface area (TPSA) is 101 Å². The largest absolute Gasteiger partial charge is 0.444 e. The van der Waals surface area contributed by atoms with E-state index < -0.39 is 5.60 Å². The molecule has 1 aliphatic heterocycles. The van der Waals surface area contributed by atoms with Crippen molar-refractivity contribution in [1.82, 2.24) is 15.2 Å². The highest BCUT2D eigenvalue weighted by Crippen LogP contribution is 2.40. The quantitative estimate of drug-likeness (QED) is 0.491. The van der Waals surface area contributed by atoms with Crippen molar-refractivity contribution in [1.29, 1.82) is 0 Å². The molecule has 3 aromatic rings. The first-order chi connectivity index (χ1) is 18.1. The van der Waals surface area contributed by atoms with Gasteiger partial charge in [0.2, 0.25) is 0 Å². The lowest BCUT2D eigenvalue weighted by Crippen LogP contribution is -2.50. The fourth-order valence-corrected chi connectivity index (χ4v) is 6.44. The van der Waals surface area contributed by atoms with Crippen molar-refractivity contribution < 1.29 is 14.3 Å². The maximum absolute atomic E-state index is 13.0. The number of nitrogens with two attached hydrogens (primary N) is 1. The Balaban J connectivity index is 1.14. The fourth-order valence-electron chi connectivity index (χ4n) is 5.36. The van der Waals surface area contributed by atoms with E-state index in [-0.39, 0.29) is 12.0 Å². The van der Waals surface area contributed by atoms with Crippen molar-refractivity contribution in [2.45, 2.75) is 59.0 Å². The van der Waals surface area contributed by atoms with Crippen LogP contribution in [0.2, 0.25) is 0 Å². The molecule has 3 heterocycles. The highest BCUT2D eigenvalue weighted by Gasteiger charge is 2.27. The molecule has 5 rings (SSSR count). The Labute approximate surface area is 228 Å². The van der Waals surface area contributed by atoms with Gasteiger partial charge < -0.3 is 25.6 Å². The van der Waals surface area contributed by atoms with E-state index in [1.807, 2.05) is 20.8 Å².